The van der Waals surface area contributed by atoms with Crippen LogP contribution in [0.2, 0.25) is 0 Å². The van der Waals surface area contributed by atoms with Crippen LogP contribution in [0.1, 0.15) is 0 Å². The van der Waals surface area contributed by atoms with Crippen molar-refractivity contribution in [2.24, 2.45) is 0 Å². The lowest BCUT2D eigenvalue weighted by Gasteiger charge is -2.02. The molecule has 0 aliphatic carbocycles. The zero-order chi connectivity index (χ0) is 16.2. The van der Waals surface area contributed by atoms with E-state index in [1.165, 1.54) is 7.05 Å². The molecule has 120 valence electrons. The maximum Gasteiger partial charge on any atom is 0.291 e. The lowest BCUT2D eigenvalue weighted by molar-refractivity contribution is -0.118. The van der Waals surface area contributed by atoms with Gasteiger partial charge < -0.3 is 15.2 Å². The molecule has 8 nitrogen and oxygen atoms in total. The molecule has 0 radical (unpaired) electrons. The first-order chi connectivity index (χ1) is 10.5. The van der Waals surface area contributed by atoms with Crippen LogP contribution in [0.25, 0.3) is 10.2 Å². The number of nitrogens with one attached hydrogen (secondary N) is 2. The third-order valence-corrected chi connectivity index (χ3v) is 5.28. The van der Waals surface area contributed by atoms with Crippen LogP contribution in [-0.2, 0) is 14.8 Å². The Bertz CT molecular complexity index is 772. The Balaban J connectivity index is 2.26. The lowest BCUT2D eigenvalue weighted by atomic mass is 10.3. The third-order valence-electron chi connectivity index (χ3n) is 2.52. The number of amides is 1. The number of likely N-dealkylation sites (N-methyl/N-ethyl adjacent to an activating group) is 1. The van der Waals surface area contributed by atoms with E-state index < -0.39 is 15.9 Å². The van der Waals surface area contributed by atoms with Crippen molar-refractivity contribution in [3.8, 4) is 5.75 Å². The normalized spacial score (nSPS) is 11.5. The number of rotatable bonds is 7. The number of aliphatic hydroxyl groups excluding tert-OH is 1. The first-order valence-corrected chi connectivity index (χ1v) is 8.60. The van der Waals surface area contributed by atoms with Crippen molar-refractivity contribution in [2.75, 3.05) is 26.8 Å². The number of hydrogen-bond acceptors (Lipinski definition) is 8. The van der Waals surface area contributed by atoms with Gasteiger partial charge in [0.2, 0.25) is 10.2 Å². The summed E-state index contributed by atoms with van der Waals surface area (Å²) in [5.74, 6) is -0.151. The van der Waals surface area contributed by atoms with Crippen LogP contribution >= 0.6 is 11.3 Å². The molecule has 1 amide bonds. The number of nitrogens with zero attached hydrogens (tertiary/aromatic N) is 1. The van der Waals surface area contributed by atoms with Gasteiger partial charge in [-0.25, -0.2) is 9.71 Å². The third kappa shape index (κ3) is 3.91. The van der Waals surface area contributed by atoms with E-state index in [1.807, 2.05) is 4.72 Å². The molecule has 10 heteroatoms. The fourth-order valence-corrected chi connectivity index (χ4v) is 3.88. The summed E-state index contributed by atoms with van der Waals surface area (Å²) >= 11 is 0.935. The quantitative estimate of drug-likeness (QED) is 0.630. The molecular weight excluding hydrogens is 330 g/mol. The van der Waals surface area contributed by atoms with Gasteiger partial charge in [-0.05, 0) is 25.2 Å². The number of carbonyl (C=O) groups is 1. The maximum absolute atomic E-state index is 12.1. The van der Waals surface area contributed by atoms with Gasteiger partial charge in [0.15, 0.2) is 0 Å². The van der Waals surface area contributed by atoms with Crippen LogP contribution in [-0.4, -0.2) is 51.2 Å². The number of aliphatic hydroxyl groups is 1. The van der Waals surface area contributed by atoms with Crippen molar-refractivity contribution in [3.63, 3.8) is 0 Å². The molecule has 0 unspecified atom stereocenters. The molecule has 1 aromatic heterocycles. The lowest BCUT2D eigenvalue weighted by Crippen LogP contribution is -2.36. The van der Waals surface area contributed by atoms with Gasteiger partial charge in [-0.2, -0.15) is 8.42 Å². The highest BCUT2D eigenvalue weighted by molar-refractivity contribution is 7.92. The molecule has 1 aromatic carbocycles. The van der Waals surface area contributed by atoms with E-state index in [0.717, 1.165) is 11.3 Å². The van der Waals surface area contributed by atoms with Crippen molar-refractivity contribution in [2.45, 2.75) is 4.34 Å². The van der Waals surface area contributed by atoms with Crippen LogP contribution in [0, 0.1) is 0 Å². The number of sulfonamides is 1. The Morgan fingerprint density at radius 3 is 2.91 bits per heavy atom. The van der Waals surface area contributed by atoms with E-state index in [1.54, 1.807) is 18.2 Å². The molecule has 2 aromatic rings. The van der Waals surface area contributed by atoms with Crippen LogP contribution in [0.5, 0.6) is 5.75 Å². The van der Waals surface area contributed by atoms with E-state index in [0.29, 0.717) is 16.0 Å². The summed E-state index contributed by atoms with van der Waals surface area (Å²) in [7, 11) is -2.45. The second-order valence-corrected chi connectivity index (χ2v) is 7.13. The van der Waals surface area contributed by atoms with Gasteiger partial charge in [0.1, 0.15) is 12.4 Å². The highest BCUT2D eigenvalue weighted by Gasteiger charge is 2.22. The first kappa shape index (κ1) is 16.6. The smallest absolute Gasteiger partial charge is 0.291 e. The number of hydrogen-bond donors (Lipinski definition) is 3. The molecule has 0 fully saturated rings. The van der Waals surface area contributed by atoms with E-state index in [-0.39, 0.29) is 24.1 Å². The molecule has 0 aliphatic heterocycles. The molecule has 0 bridgehead atoms. The van der Waals surface area contributed by atoms with Crippen LogP contribution in [0.4, 0.5) is 0 Å². The van der Waals surface area contributed by atoms with Gasteiger partial charge in [-0.15, -0.1) is 11.3 Å². The molecular formula is C12H15N3O5S2. The van der Waals surface area contributed by atoms with Gasteiger partial charge in [0, 0.05) is 0 Å². The predicted molar refractivity (Wildman–Crippen MR) is 81.5 cm³/mol. The predicted octanol–water partition coefficient (Wildman–Crippen LogP) is -0.308. The summed E-state index contributed by atoms with van der Waals surface area (Å²) in [4.78, 5) is 15.4. The Labute approximate surface area is 131 Å². The molecule has 0 aliphatic rings. The van der Waals surface area contributed by atoms with E-state index in [4.69, 9.17) is 9.84 Å². The SMILES string of the molecule is CNCC(=O)NS(=O)(=O)c1nc2ccc(OCCO)cc2s1. The fourth-order valence-electron chi connectivity index (χ4n) is 1.64. The number of benzene rings is 1. The van der Waals surface area contributed by atoms with Crippen molar-refractivity contribution in [3.05, 3.63) is 18.2 Å². The minimum absolute atomic E-state index is 0.108. The largest absolute Gasteiger partial charge is 0.491 e. The summed E-state index contributed by atoms with van der Waals surface area (Å²) in [5, 5.41) is 11.3. The van der Waals surface area contributed by atoms with Gasteiger partial charge in [-0.1, -0.05) is 0 Å². The van der Waals surface area contributed by atoms with Crippen molar-refractivity contribution < 1.29 is 23.1 Å². The van der Waals surface area contributed by atoms with E-state index in [2.05, 4.69) is 10.3 Å². The summed E-state index contributed by atoms with van der Waals surface area (Å²) in [6.07, 6.45) is 0. The zero-order valence-corrected chi connectivity index (χ0v) is 13.3. The molecule has 0 spiro atoms. The standard InChI is InChI=1S/C12H15N3O5S2/c1-13-7-11(17)15-22(18,19)12-14-9-3-2-8(20-5-4-16)6-10(9)21-12/h2-3,6,13,16H,4-5,7H2,1H3,(H,15,17). The molecule has 0 atom stereocenters. The fraction of sp³-hybridized carbons (Fsp3) is 0.333. The van der Waals surface area contributed by atoms with Crippen molar-refractivity contribution in [1.82, 2.24) is 15.0 Å². The molecule has 22 heavy (non-hydrogen) atoms. The van der Waals surface area contributed by atoms with Gasteiger partial charge in [0.25, 0.3) is 10.0 Å². The minimum atomic E-state index is -3.99. The van der Waals surface area contributed by atoms with Crippen molar-refractivity contribution >= 4 is 37.5 Å². The summed E-state index contributed by atoms with van der Waals surface area (Å²) in [5.41, 5.74) is 0.489. The summed E-state index contributed by atoms with van der Waals surface area (Å²) in [6.45, 7) is -0.0728. The Hall–Kier alpha value is -1.75. The average molecular weight is 345 g/mol. The van der Waals surface area contributed by atoms with E-state index >= 15 is 0 Å². The topological polar surface area (TPSA) is 118 Å². The van der Waals surface area contributed by atoms with Gasteiger partial charge in [0.05, 0.1) is 23.4 Å². The number of thiazole rings is 1. The molecule has 2 rings (SSSR count). The molecule has 3 N–H and O–H groups in total. The molecule has 1 heterocycles. The zero-order valence-electron chi connectivity index (χ0n) is 11.7. The molecule has 0 saturated heterocycles. The molecule has 0 saturated carbocycles. The average Bonchev–Trinajstić information content (AvgIpc) is 2.88. The highest BCUT2D eigenvalue weighted by atomic mass is 32.2. The Kier molecular flexibility index (Phi) is 5.29. The number of aromatic nitrogens is 1. The number of carbonyl (C=O) groups excluding carboxylic acids is 1. The number of fused-ring (bicyclic) bond motifs is 1. The van der Waals surface area contributed by atoms with Crippen molar-refractivity contribution in [1.29, 1.82) is 0 Å². The van der Waals surface area contributed by atoms with E-state index in [9.17, 15) is 13.2 Å². The highest BCUT2D eigenvalue weighted by Crippen LogP contribution is 2.28. The summed E-state index contributed by atoms with van der Waals surface area (Å²) in [6, 6.07) is 4.89. The van der Waals surface area contributed by atoms with Gasteiger partial charge in [-0.3, -0.25) is 4.79 Å². The first-order valence-electron chi connectivity index (χ1n) is 6.31. The Morgan fingerprint density at radius 1 is 1.45 bits per heavy atom. The van der Waals surface area contributed by atoms with Crippen LogP contribution in [0.3, 0.4) is 0 Å². The summed E-state index contributed by atoms with van der Waals surface area (Å²) < 4.78 is 31.7. The maximum atomic E-state index is 12.1. The van der Waals surface area contributed by atoms with Crippen LogP contribution < -0.4 is 14.8 Å². The van der Waals surface area contributed by atoms with Crippen LogP contribution in [0.15, 0.2) is 22.5 Å². The number of ether oxygens (including phenoxy) is 1. The second-order valence-electron chi connectivity index (χ2n) is 4.24. The Morgan fingerprint density at radius 2 is 2.23 bits per heavy atom. The second kappa shape index (κ2) is 7.01. The van der Waals surface area contributed by atoms with Gasteiger partial charge >= 0.3 is 0 Å². The monoisotopic (exact) mass is 345 g/mol. The minimum Gasteiger partial charge on any atom is -0.491 e.